The van der Waals surface area contributed by atoms with Crippen LogP contribution in [0.5, 0.6) is 0 Å². The second-order valence-corrected chi connectivity index (χ2v) is 22.3. The van der Waals surface area contributed by atoms with E-state index in [1.807, 2.05) is 0 Å². The van der Waals surface area contributed by atoms with Gasteiger partial charge in [-0.25, -0.2) is 0 Å². The fourth-order valence-corrected chi connectivity index (χ4v) is 15.4. The van der Waals surface area contributed by atoms with Gasteiger partial charge in [0.1, 0.15) is 0 Å². The first-order valence-corrected chi connectivity index (χ1v) is 26.9. The molecule has 0 saturated heterocycles. The monoisotopic (exact) mass is 932 g/mol. The Kier molecular flexibility index (Phi) is 12.2. The molecule has 62 heavy (non-hydrogen) atoms. The average Bonchev–Trinajstić information content (AvgIpc) is 3.56. The molecule has 9 rings (SSSR count). The van der Waals surface area contributed by atoms with Crippen molar-refractivity contribution in [3.8, 4) is 11.1 Å². The van der Waals surface area contributed by atoms with Crippen LogP contribution in [-0.2, 0) is 30.1 Å². The normalized spacial score (nSPS) is 18.5. The standard InChI is InChI=1S/C59H69IN2/c1-9-13-16-46-34-40(5)56(41(6)35-46)61(48-21-17-44(11-3)18-22-48)50-25-27-52-53-28-26-51(39-55(53)59-30-15-29-58(59,31-32-59)54(52)38-50)62(49-23-19-45(12-4)20-24-49)57-42(7)36-47(37-43(57)8)60-33-14-10-2/h17-28,34-39,60H,9-16,29-33H2,1-8H3/t58-,59?/m1/s1. The van der Waals surface area contributed by atoms with E-state index in [0.29, 0.717) is 0 Å². The summed E-state index contributed by atoms with van der Waals surface area (Å²) in [6.45, 7) is 18.5. The Labute approximate surface area is 384 Å². The number of hydrogen-bond donors (Lipinski definition) is 0. The third-order valence-corrected chi connectivity index (χ3v) is 18.2. The van der Waals surface area contributed by atoms with Gasteiger partial charge in [-0.15, -0.1) is 0 Å². The van der Waals surface area contributed by atoms with E-state index in [2.05, 4.69) is 174 Å². The zero-order valence-electron chi connectivity index (χ0n) is 38.9. The van der Waals surface area contributed by atoms with Gasteiger partial charge in [0.2, 0.25) is 0 Å². The van der Waals surface area contributed by atoms with Crippen LogP contribution in [0, 0.1) is 31.3 Å². The number of alkyl halides is 1. The predicted octanol–water partition coefficient (Wildman–Crippen LogP) is 17.1. The van der Waals surface area contributed by atoms with E-state index in [1.165, 1.54) is 146 Å². The Morgan fingerprint density at radius 2 is 0.903 bits per heavy atom. The summed E-state index contributed by atoms with van der Waals surface area (Å²) in [5.41, 5.74) is 23.9. The van der Waals surface area contributed by atoms with Crippen molar-refractivity contribution in [1.29, 1.82) is 0 Å². The second kappa shape index (κ2) is 17.7. The third-order valence-electron chi connectivity index (χ3n) is 15.2. The molecule has 2 fully saturated rings. The van der Waals surface area contributed by atoms with Gasteiger partial charge >= 0.3 is 253 Å². The van der Waals surface area contributed by atoms with Crippen LogP contribution in [0.1, 0.15) is 136 Å². The quantitative estimate of drug-likeness (QED) is 0.0575. The molecule has 0 bridgehead atoms. The summed E-state index contributed by atoms with van der Waals surface area (Å²) in [4.78, 5) is 5.19. The van der Waals surface area contributed by atoms with Gasteiger partial charge in [-0.3, -0.25) is 0 Å². The van der Waals surface area contributed by atoms with E-state index < -0.39 is 0 Å². The van der Waals surface area contributed by atoms with Crippen LogP contribution in [0.3, 0.4) is 0 Å². The maximum atomic E-state index is 2.65. The Hall–Kier alpha value is -4.35. The van der Waals surface area contributed by atoms with Gasteiger partial charge in [-0.1, -0.05) is 44.5 Å². The van der Waals surface area contributed by atoms with Crippen molar-refractivity contribution in [2.45, 2.75) is 143 Å². The van der Waals surface area contributed by atoms with Crippen LogP contribution in [0.15, 0.2) is 109 Å². The Morgan fingerprint density at radius 1 is 0.468 bits per heavy atom. The van der Waals surface area contributed by atoms with E-state index in [0.717, 1.165) is 19.3 Å². The number of nitrogens with zero attached hydrogens (tertiary/aromatic N) is 2. The van der Waals surface area contributed by atoms with Gasteiger partial charge in [0.15, 0.2) is 0 Å². The number of unbranched alkanes of at least 4 members (excludes halogenated alkanes) is 2. The van der Waals surface area contributed by atoms with Gasteiger partial charge in [-0.05, 0) is 67.5 Å². The van der Waals surface area contributed by atoms with Gasteiger partial charge < -0.3 is 4.90 Å². The van der Waals surface area contributed by atoms with Crippen LogP contribution < -0.4 is 9.80 Å². The summed E-state index contributed by atoms with van der Waals surface area (Å²) in [5.74, 6) is 0. The van der Waals surface area contributed by atoms with Crippen molar-refractivity contribution in [3.05, 3.63) is 163 Å². The topological polar surface area (TPSA) is 6.48 Å². The molecule has 0 N–H and O–H groups in total. The minimum absolute atomic E-state index is 0.166. The van der Waals surface area contributed by atoms with E-state index in [-0.39, 0.29) is 32.0 Å². The van der Waals surface area contributed by atoms with E-state index in [9.17, 15) is 0 Å². The molecule has 0 aliphatic heterocycles. The van der Waals surface area contributed by atoms with Crippen molar-refractivity contribution < 1.29 is 0 Å². The Morgan fingerprint density at radius 3 is 1.32 bits per heavy atom. The molecule has 322 valence electrons. The number of anilines is 6. The van der Waals surface area contributed by atoms with E-state index in [4.69, 9.17) is 0 Å². The summed E-state index contributed by atoms with van der Waals surface area (Å²) in [5, 5.41) is 0. The molecule has 3 aliphatic rings. The van der Waals surface area contributed by atoms with E-state index in [1.54, 1.807) is 14.7 Å². The molecule has 0 radical (unpaired) electrons. The number of hydrogen-bond acceptors (Lipinski definition) is 2. The van der Waals surface area contributed by atoms with Crippen LogP contribution >= 0.6 is 21.2 Å². The van der Waals surface area contributed by atoms with Crippen molar-refractivity contribution in [3.63, 3.8) is 0 Å². The molecule has 2 nitrogen and oxygen atoms in total. The van der Waals surface area contributed by atoms with Crippen molar-refractivity contribution in [1.82, 2.24) is 0 Å². The number of benzene rings is 6. The molecular formula is C59H69IN2. The van der Waals surface area contributed by atoms with Crippen LogP contribution in [0.2, 0.25) is 0 Å². The molecule has 6 aromatic carbocycles. The number of halogens is 1. The number of rotatable bonds is 15. The summed E-state index contributed by atoms with van der Waals surface area (Å²) >= 11 is -0.177. The first-order chi connectivity index (χ1) is 30.1. The fraction of sp³-hybridized carbons (Fsp3) is 0.390. The first kappa shape index (κ1) is 42.9. The minimum atomic E-state index is -0.177. The molecule has 2 saturated carbocycles. The van der Waals surface area contributed by atoms with Crippen molar-refractivity contribution in [2.75, 3.05) is 14.2 Å². The molecule has 0 amide bonds. The molecule has 0 heterocycles. The molecule has 0 spiro atoms. The second-order valence-electron chi connectivity index (χ2n) is 19.0. The number of aryl methyl sites for hydroxylation is 7. The third kappa shape index (κ3) is 7.32. The molecule has 3 aliphatic carbocycles. The summed E-state index contributed by atoms with van der Waals surface area (Å²) < 4.78 is 2.98. The Balaban J connectivity index is 1.19. The molecular weight excluding hydrogens is 864 g/mol. The van der Waals surface area contributed by atoms with Crippen molar-refractivity contribution in [2.24, 2.45) is 0 Å². The summed E-state index contributed by atoms with van der Waals surface area (Å²) in [7, 11) is 0. The summed E-state index contributed by atoms with van der Waals surface area (Å²) in [6.07, 6.45) is 14.7. The maximum absolute atomic E-state index is 2.65. The van der Waals surface area contributed by atoms with Gasteiger partial charge in [0.25, 0.3) is 0 Å². The summed E-state index contributed by atoms with van der Waals surface area (Å²) in [6, 6.07) is 43.9. The van der Waals surface area contributed by atoms with Gasteiger partial charge in [0, 0.05) is 11.4 Å². The SMILES string of the molecule is CCCC[IH]c1cc(C)c(N(c2ccc(CC)cc2)c2ccc3c(c2)C24CCC[C@@]2(CC4)c2cc(N(c4ccc(CC)cc4)c4c(C)cc(CCCC)cc4C)ccc2-3)c(C)c1. The molecule has 0 aromatic heterocycles. The zero-order chi connectivity index (χ0) is 43.2. The van der Waals surface area contributed by atoms with Crippen LogP contribution in [-0.4, -0.2) is 4.43 Å². The predicted molar refractivity (Wildman–Crippen MR) is 278 cm³/mol. The molecule has 6 aromatic rings. The molecule has 3 heteroatoms. The van der Waals surface area contributed by atoms with Crippen LogP contribution in [0.25, 0.3) is 11.1 Å². The Bertz CT molecular complexity index is 2540. The molecule has 1 unspecified atom stereocenters. The van der Waals surface area contributed by atoms with Gasteiger partial charge in [-0.2, -0.15) is 0 Å². The van der Waals surface area contributed by atoms with Crippen LogP contribution in [0.4, 0.5) is 34.1 Å². The number of fused-ring (bicyclic) bond motifs is 3. The average molecular weight is 933 g/mol. The fourth-order valence-electron chi connectivity index (χ4n) is 12.0. The van der Waals surface area contributed by atoms with Gasteiger partial charge in [0.05, 0.1) is 5.69 Å². The molecule has 2 atom stereocenters. The van der Waals surface area contributed by atoms with Crippen molar-refractivity contribution >= 4 is 55.3 Å². The zero-order valence-corrected chi connectivity index (χ0v) is 41.2. The first-order valence-electron chi connectivity index (χ1n) is 24.1. The van der Waals surface area contributed by atoms with E-state index >= 15 is 0 Å².